The molecule has 0 spiro atoms. The molecule has 0 aliphatic carbocycles. The van der Waals surface area contributed by atoms with E-state index in [0.29, 0.717) is 42.1 Å². The van der Waals surface area contributed by atoms with E-state index in [1.807, 2.05) is 12.1 Å². The zero-order valence-corrected chi connectivity index (χ0v) is 17.9. The fourth-order valence-electron chi connectivity index (χ4n) is 4.03. The Morgan fingerprint density at radius 2 is 1.63 bits per heavy atom. The number of carbonyl (C=O) groups is 1. The summed E-state index contributed by atoms with van der Waals surface area (Å²) in [4.78, 5) is 12.8. The minimum Gasteiger partial charge on any atom is -0.485 e. The van der Waals surface area contributed by atoms with Crippen molar-refractivity contribution in [3.8, 4) is 11.5 Å². The van der Waals surface area contributed by atoms with E-state index in [1.54, 1.807) is 28.6 Å². The number of ether oxygens (including phenoxy) is 2. The third-order valence-corrected chi connectivity index (χ3v) is 7.24. The van der Waals surface area contributed by atoms with Gasteiger partial charge in [0.25, 0.3) is 5.91 Å². The number of para-hydroxylation sites is 2. The van der Waals surface area contributed by atoms with Crippen molar-refractivity contribution in [2.75, 3.05) is 25.0 Å². The van der Waals surface area contributed by atoms with Crippen LogP contribution in [-0.4, -0.2) is 44.4 Å². The molecule has 30 heavy (non-hydrogen) atoms. The molecule has 8 heteroatoms. The third kappa shape index (κ3) is 4.29. The first kappa shape index (κ1) is 20.7. The van der Waals surface area contributed by atoms with Crippen LogP contribution >= 0.6 is 0 Å². The number of anilines is 1. The van der Waals surface area contributed by atoms with E-state index >= 15 is 0 Å². The maximum atomic E-state index is 13.0. The molecular weight excluding hydrogens is 404 g/mol. The van der Waals surface area contributed by atoms with Crippen LogP contribution in [0.25, 0.3) is 0 Å². The number of hydrogen-bond donors (Lipinski definition) is 1. The quantitative estimate of drug-likeness (QED) is 0.806. The first-order chi connectivity index (χ1) is 14.3. The molecule has 1 amide bonds. The minimum atomic E-state index is -3.55. The van der Waals surface area contributed by atoms with E-state index < -0.39 is 16.1 Å². The van der Waals surface area contributed by atoms with Crippen LogP contribution in [0, 0.1) is 11.8 Å². The van der Waals surface area contributed by atoms with E-state index in [2.05, 4.69) is 19.2 Å². The van der Waals surface area contributed by atoms with Gasteiger partial charge in [-0.25, -0.2) is 8.42 Å². The average Bonchev–Trinajstić information content (AvgIpc) is 2.73. The van der Waals surface area contributed by atoms with Crippen LogP contribution in [-0.2, 0) is 14.8 Å². The molecule has 1 fully saturated rings. The lowest BCUT2D eigenvalue weighted by Crippen LogP contribution is -2.42. The predicted octanol–water partition coefficient (Wildman–Crippen LogP) is 3.13. The van der Waals surface area contributed by atoms with Crippen LogP contribution in [0.15, 0.2) is 53.4 Å². The standard InChI is InChI=1S/C22H26N2O5S/c1-15-11-16(2)13-24(12-15)30(26,27)18-9-7-17(8-10-18)23-22(25)21-14-28-19-5-3-4-6-20(19)29-21/h3-10,15-16,21H,11-14H2,1-2H3,(H,23,25)/t15-,16+,21-/m1/s1. The van der Waals surface area contributed by atoms with E-state index in [9.17, 15) is 13.2 Å². The second-order valence-corrected chi connectivity index (χ2v) is 10.1. The maximum Gasteiger partial charge on any atom is 0.269 e. The number of fused-ring (bicyclic) bond motifs is 1. The molecule has 3 atom stereocenters. The van der Waals surface area contributed by atoms with Crippen LogP contribution in [0.1, 0.15) is 20.3 Å². The predicted molar refractivity (Wildman–Crippen MR) is 113 cm³/mol. The van der Waals surface area contributed by atoms with Gasteiger partial charge in [-0.05, 0) is 54.7 Å². The highest BCUT2D eigenvalue weighted by Crippen LogP contribution is 2.31. The maximum absolute atomic E-state index is 13.0. The molecule has 0 saturated carbocycles. The monoisotopic (exact) mass is 430 g/mol. The Kier molecular flexibility index (Phi) is 5.71. The van der Waals surface area contributed by atoms with E-state index in [0.717, 1.165) is 6.42 Å². The molecule has 1 saturated heterocycles. The Labute approximate surface area is 177 Å². The van der Waals surface area contributed by atoms with Crippen LogP contribution in [0.4, 0.5) is 5.69 Å². The first-order valence-corrected chi connectivity index (χ1v) is 11.6. The Hall–Kier alpha value is -2.58. The molecule has 2 aliphatic heterocycles. The lowest BCUT2D eigenvalue weighted by atomic mass is 9.94. The van der Waals surface area contributed by atoms with Crippen molar-refractivity contribution >= 4 is 21.6 Å². The molecule has 2 heterocycles. The summed E-state index contributed by atoms with van der Waals surface area (Å²) in [7, 11) is -3.55. The molecule has 4 rings (SSSR count). The molecule has 0 unspecified atom stereocenters. The SMILES string of the molecule is C[C@@H]1C[C@H](C)CN(S(=O)(=O)c2ccc(NC(=O)[C@H]3COc4ccccc4O3)cc2)C1. The molecule has 1 N–H and O–H groups in total. The normalized spacial score (nSPS) is 24.3. The molecular formula is C22H26N2O5S. The van der Waals surface area contributed by atoms with Gasteiger partial charge in [0.05, 0.1) is 4.90 Å². The van der Waals surface area contributed by atoms with Gasteiger partial charge in [0.1, 0.15) is 6.61 Å². The molecule has 0 bridgehead atoms. The Balaban J connectivity index is 1.42. The summed E-state index contributed by atoms with van der Waals surface area (Å²) < 4.78 is 38.8. The van der Waals surface area contributed by atoms with Gasteiger partial charge in [-0.2, -0.15) is 4.31 Å². The summed E-state index contributed by atoms with van der Waals surface area (Å²) in [5.74, 6) is 1.46. The van der Waals surface area contributed by atoms with E-state index in [-0.39, 0.29) is 17.4 Å². The molecule has 7 nitrogen and oxygen atoms in total. The van der Waals surface area contributed by atoms with Gasteiger partial charge in [-0.1, -0.05) is 26.0 Å². The Bertz CT molecular complexity index is 1010. The van der Waals surface area contributed by atoms with Crippen LogP contribution in [0.3, 0.4) is 0 Å². The lowest BCUT2D eigenvalue weighted by Gasteiger charge is -2.34. The number of carbonyl (C=O) groups excluding carboxylic acids is 1. The number of nitrogens with zero attached hydrogens (tertiary/aromatic N) is 1. The smallest absolute Gasteiger partial charge is 0.269 e. The van der Waals surface area contributed by atoms with Gasteiger partial charge in [0.2, 0.25) is 16.1 Å². The van der Waals surface area contributed by atoms with Gasteiger partial charge < -0.3 is 14.8 Å². The van der Waals surface area contributed by atoms with Crippen molar-refractivity contribution in [3.63, 3.8) is 0 Å². The van der Waals surface area contributed by atoms with Crippen LogP contribution in [0.2, 0.25) is 0 Å². The second-order valence-electron chi connectivity index (χ2n) is 8.15. The number of sulfonamides is 1. The van der Waals surface area contributed by atoms with Crippen LogP contribution < -0.4 is 14.8 Å². The van der Waals surface area contributed by atoms with Crippen molar-refractivity contribution in [1.82, 2.24) is 4.31 Å². The number of nitrogens with one attached hydrogen (secondary N) is 1. The topological polar surface area (TPSA) is 84.9 Å². The summed E-state index contributed by atoms with van der Waals surface area (Å²) in [6.07, 6.45) is 0.258. The second kappa shape index (κ2) is 8.28. The number of rotatable bonds is 4. The highest BCUT2D eigenvalue weighted by atomic mass is 32.2. The van der Waals surface area contributed by atoms with Crippen molar-refractivity contribution in [2.24, 2.45) is 11.8 Å². The van der Waals surface area contributed by atoms with Crippen molar-refractivity contribution < 1.29 is 22.7 Å². The van der Waals surface area contributed by atoms with Crippen molar-refractivity contribution in [1.29, 1.82) is 0 Å². The van der Waals surface area contributed by atoms with Gasteiger partial charge in [-0.3, -0.25) is 4.79 Å². The van der Waals surface area contributed by atoms with E-state index in [4.69, 9.17) is 9.47 Å². The van der Waals surface area contributed by atoms with Gasteiger partial charge in [0.15, 0.2) is 11.5 Å². The van der Waals surface area contributed by atoms with Crippen molar-refractivity contribution in [2.45, 2.75) is 31.3 Å². The fourth-order valence-corrected chi connectivity index (χ4v) is 5.71. The summed E-state index contributed by atoms with van der Waals surface area (Å²) >= 11 is 0. The molecule has 0 radical (unpaired) electrons. The molecule has 160 valence electrons. The summed E-state index contributed by atoms with van der Waals surface area (Å²) in [6, 6.07) is 13.4. The van der Waals surface area contributed by atoms with Crippen LogP contribution in [0.5, 0.6) is 11.5 Å². The van der Waals surface area contributed by atoms with Gasteiger partial charge in [-0.15, -0.1) is 0 Å². The molecule has 2 aromatic rings. The number of hydrogen-bond acceptors (Lipinski definition) is 5. The molecule has 2 aromatic carbocycles. The van der Waals surface area contributed by atoms with Gasteiger partial charge in [0, 0.05) is 18.8 Å². The summed E-state index contributed by atoms with van der Waals surface area (Å²) in [6.45, 7) is 5.33. The summed E-state index contributed by atoms with van der Waals surface area (Å²) in [5, 5.41) is 2.76. The van der Waals surface area contributed by atoms with E-state index in [1.165, 1.54) is 12.1 Å². The highest BCUT2D eigenvalue weighted by Gasteiger charge is 2.32. The number of benzene rings is 2. The lowest BCUT2D eigenvalue weighted by molar-refractivity contribution is -0.125. The van der Waals surface area contributed by atoms with Crippen molar-refractivity contribution in [3.05, 3.63) is 48.5 Å². The molecule has 2 aliphatic rings. The minimum absolute atomic E-state index is 0.112. The zero-order valence-electron chi connectivity index (χ0n) is 17.1. The number of piperidine rings is 1. The first-order valence-electron chi connectivity index (χ1n) is 10.1. The number of amides is 1. The fraction of sp³-hybridized carbons (Fsp3) is 0.409. The Morgan fingerprint density at radius 1 is 1.00 bits per heavy atom. The largest absolute Gasteiger partial charge is 0.485 e. The average molecular weight is 431 g/mol. The summed E-state index contributed by atoms with van der Waals surface area (Å²) in [5.41, 5.74) is 0.502. The Morgan fingerprint density at radius 3 is 2.30 bits per heavy atom. The molecule has 0 aromatic heterocycles. The third-order valence-electron chi connectivity index (χ3n) is 5.40. The zero-order chi connectivity index (χ0) is 21.3. The highest BCUT2D eigenvalue weighted by molar-refractivity contribution is 7.89. The van der Waals surface area contributed by atoms with Gasteiger partial charge >= 0.3 is 0 Å².